The van der Waals surface area contributed by atoms with E-state index < -0.39 is 17.7 Å². The van der Waals surface area contributed by atoms with Crippen LogP contribution in [0.5, 0.6) is 0 Å². The number of hydrogen-bond donors (Lipinski definition) is 1. The predicted octanol–water partition coefficient (Wildman–Crippen LogP) is 2.91. The van der Waals surface area contributed by atoms with Gasteiger partial charge in [0.05, 0.1) is 22.9 Å². The number of alkyl halides is 3. The molecule has 0 spiro atoms. The zero-order valence-corrected chi connectivity index (χ0v) is 12.0. The van der Waals surface area contributed by atoms with Crippen LogP contribution in [-0.2, 0) is 6.18 Å². The number of halogens is 3. The van der Waals surface area contributed by atoms with Crippen LogP contribution >= 0.6 is 0 Å². The van der Waals surface area contributed by atoms with Gasteiger partial charge in [-0.2, -0.15) is 18.3 Å². The number of aromatic carboxylic acids is 1. The lowest BCUT2D eigenvalue weighted by atomic mass is 10.1. The number of hydrazone groups is 1. The molecule has 2 aromatic carbocycles. The Morgan fingerprint density at radius 1 is 1.09 bits per heavy atom. The summed E-state index contributed by atoms with van der Waals surface area (Å²) in [5, 5.41) is 14.6. The van der Waals surface area contributed by atoms with Gasteiger partial charge in [-0.15, -0.1) is 0 Å². The van der Waals surface area contributed by atoms with Crippen molar-refractivity contribution in [3.05, 3.63) is 65.2 Å². The van der Waals surface area contributed by atoms with E-state index in [1.54, 1.807) is 6.92 Å². The van der Waals surface area contributed by atoms with Crippen molar-refractivity contribution in [2.75, 3.05) is 5.43 Å². The third-order valence-electron chi connectivity index (χ3n) is 3.08. The maximum absolute atomic E-state index is 12.7. The quantitative estimate of drug-likeness (QED) is 0.695. The Kier molecular flexibility index (Phi) is 4.68. The molecule has 0 bridgehead atoms. The number of carboxylic acids is 1. The standard InChI is InChI=1S/C16H13F3N2O2/c1-10(12-3-2-4-13(9-12)16(17,18)19)20-21-14-7-5-11(6-8-14)15(22)23/h2-9,21H,1H3,(H,22,23)/p-1/b20-10-. The number of anilines is 1. The average Bonchev–Trinajstić information content (AvgIpc) is 2.52. The van der Waals surface area contributed by atoms with Crippen molar-refractivity contribution in [2.45, 2.75) is 13.1 Å². The summed E-state index contributed by atoms with van der Waals surface area (Å²) in [6.45, 7) is 1.57. The number of nitrogens with zero attached hydrogens (tertiary/aromatic N) is 1. The molecule has 0 radical (unpaired) electrons. The van der Waals surface area contributed by atoms with Crippen molar-refractivity contribution in [1.82, 2.24) is 0 Å². The topological polar surface area (TPSA) is 64.5 Å². The van der Waals surface area contributed by atoms with Gasteiger partial charge in [-0.05, 0) is 42.3 Å². The number of rotatable bonds is 4. The summed E-state index contributed by atoms with van der Waals surface area (Å²) in [4.78, 5) is 10.6. The summed E-state index contributed by atoms with van der Waals surface area (Å²) in [7, 11) is 0. The molecule has 0 fully saturated rings. The molecule has 0 saturated carbocycles. The Balaban J connectivity index is 2.15. The third-order valence-corrected chi connectivity index (χ3v) is 3.08. The Hall–Kier alpha value is -2.83. The van der Waals surface area contributed by atoms with E-state index in [0.717, 1.165) is 12.1 Å². The highest BCUT2D eigenvalue weighted by Gasteiger charge is 2.30. The van der Waals surface area contributed by atoms with Gasteiger partial charge in [-0.3, -0.25) is 5.43 Å². The van der Waals surface area contributed by atoms with Crippen LogP contribution in [0.15, 0.2) is 53.6 Å². The molecular weight excluding hydrogens is 309 g/mol. The van der Waals surface area contributed by atoms with E-state index in [9.17, 15) is 23.1 Å². The van der Waals surface area contributed by atoms with E-state index in [2.05, 4.69) is 10.5 Å². The maximum atomic E-state index is 12.7. The Morgan fingerprint density at radius 2 is 1.74 bits per heavy atom. The second kappa shape index (κ2) is 6.51. The lowest BCUT2D eigenvalue weighted by Crippen LogP contribution is -2.21. The van der Waals surface area contributed by atoms with E-state index in [1.807, 2.05) is 0 Å². The van der Waals surface area contributed by atoms with Crippen LogP contribution in [0.25, 0.3) is 0 Å². The summed E-state index contributed by atoms with van der Waals surface area (Å²) >= 11 is 0. The van der Waals surface area contributed by atoms with Crippen molar-refractivity contribution >= 4 is 17.4 Å². The molecule has 0 heterocycles. The first-order valence-electron chi connectivity index (χ1n) is 6.57. The SMILES string of the molecule is C/C(=N/Nc1ccc(C(=O)[O-])cc1)c1cccc(C(F)(F)F)c1. The van der Waals surface area contributed by atoms with Gasteiger partial charge in [0.1, 0.15) is 0 Å². The van der Waals surface area contributed by atoms with Crippen LogP contribution in [-0.4, -0.2) is 11.7 Å². The van der Waals surface area contributed by atoms with E-state index in [4.69, 9.17) is 0 Å². The summed E-state index contributed by atoms with van der Waals surface area (Å²) in [6, 6.07) is 10.5. The minimum Gasteiger partial charge on any atom is -0.545 e. The zero-order chi connectivity index (χ0) is 17.0. The lowest BCUT2D eigenvalue weighted by molar-refractivity contribution is -0.255. The number of carboxylic acid groups (broad SMARTS) is 1. The van der Waals surface area contributed by atoms with Gasteiger partial charge < -0.3 is 9.90 Å². The van der Waals surface area contributed by atoms with Crippen LogP contribution < -0.4 is 10.5 Å². The van der Waals surface area contributed by atoms with Crippen molar-refractivity contribution in [3.63, 3.8) is 0 Å². The van der Waals surface area contributed by atoms with Gasteiger partial charge in [0.2, 0.25) is 0 Å². The Bertz CT molecular complexity index is 738. The zero-order valence-electron chi connectivity index (χ0n) is 12.0. The first-order chi connectivity index (χ1) is 10.8. The summed E-state index contributed by atoms with van der Waals surface area (Å²) < 4.78 is 38.0. The van der Waals surface area contributed by atoms with Crippen molar-refractivity contribution in [3.8, 4) is 0 Å². The van der Waals surface area contributed by atoms with Crippen LogP contribution in [0.4, 0.5) is 18.9 Å². The highest BCUT2D eigenvalue weighted by Crippen LogP contribution is 2.29. The number of nitrogens with one attached hydrogen (secondary N) is 1. The molecule has 0 aliphatic rings. The van der Waals surface area contributed by atoms with Crippen molar-refractivity contribution < 1.29 is 23.1 Å². The second-order valence-corrected chi connectivity index (χ2v) is 4.75. The fourth-order valence-corrected chi connectivity index (χ4v) is 1.81. The van der Waals surface area contributed by atoms with Gasteiger partial charge in [0.25, 0.3) is 0 Å². The van der Waals surface area contributed by atoms with E-state index in [-0.39, 0.29) is 5.56 Å². The molecule has 2 aromatic rings. The minimum absolute atomic E-state index is 0.0223. The number of hydrogen-bond acceptors (Lipinski definition) is 4. The predicted molar refractivity (Wildman–Crippen MR) is 78.1 cm³/mol. The molecule has 120 valence electrons. The van der Waals surface area contributed by atoms with E-state index >= 15 is 0 Å². The van der Waals surface area contributed by atoms with Crippen molar-refractivity contribution in [1.29, 1.82) is 0 Å². The second-order valence-electron chi connectivity index (χ2n) is 4.75. The fraction of sp³-hybridized carbons (Fsp3) is 0.125. The van der Waals surface area contributed by atoms with E-state index in [1.165, 1.54) is 36.4 Å². The first-order valence-corrected chi connectivity index (χ1v) is 6.57. The largest absolute Gasteiger partial charge is 0.545 e. The molecule has 23 heavy (non-hydrogen) atoms. The normalized spacial score (nSPS) is 12.1. The third kappa shape index (κ3) is 4.32. The smallest absolute Gasteiger partial charge is 0.416 e. The number of benzene rings is 2. The molecule has 0 unspecified atom stereocenters. The summed E-state index contributed by atoms with van der Waals surface area (Å²) in [5.74, 6) is -1.29. The molecule has 0 aromatic heterocycles. The first kappa shape index (κ1) is 16.5. The van der Waals surface area contributed by atoms with Gasteiger partial charge in [0.15, 0.2) is 0 Å². The summed E-state index contributed by atoms with van der Waals surface area (Å²) in [5.41, 5.74) is 3.13. The molecule has 0 aliphatic heterocycles. The molecule has 4 nitrogen and oxygen atoms in total. The average molecular weight is 321 g/mol. The molecule has 1 N–H and O–H groups in total. The highest BCUT2D eigenvalue weighted by molar-refractivity contribution is 5.99. The van der Waals surface area contributed by atoms with Gasteiger partial charge in [-0.1, -0.05) is 24.3 Å². The van der Waals surface area contributed by atoms with Crippen LogP contribution in [0.1, 0.15) is 28.4 Å². The minimum atomic E-state index is -4.41. The molecule has 2 rings (SSSR count). The summed E-state index contributed by atoms with van der Waals surface area (Å²) in [6.07, 6.45) is -4.41. The number of carbonyl (C=O) groups is 1. The van der Waals surface area contributed by atoms with Crippen LogP contribution in [0, 0.1) is 0 Å². The van der Waals surface area contributed by atoms with Gasteiger partial charge in [0, 0.05) is 0 Å². The molecule has 0 amide bonds. The Morgan fingerprint density at radius 3 is 2.30 bits per heavy atom. The Labute approximate surface area is 130 Å². The number of carbonyl (C=O) groups excluding carboxylic acids is 1. The maximum Gasteiger partial charge on any atom is 0.416 e. The van der Waals surface area contributed by atoms with Gasteiger partial charge in [-0.25, -0.2) is 0 Å². The molecular formula is C16H12F3N2O2-. The molecule has 0 atom stereocenters. The van der Waals surface area contributed by atoms with Crippen LogP contribution in [0.3, 0.4) is 0 Å². The lowest BCUT2D eigenvalue weighted by Gasteiger charge is -2.09. The monoisotopic (exact) mass is 321 g/mol. The molecule has 0 aliphatic carbocycles. The van der Waals surface area contributed by atoms with Gasteiger partial charge >= 0.3 is 6.18 Å². The van der Waals surface area contributed by atoms with E-state index in [0.29, 0.717) is 17.0 Å². The van der Waals surface area contributed by atoms with Crippen LogP contribution in [0.2, 0.25) is 0 Å². The highest BCUT2D eigenvalue weighted by atomic mass is 19.4. The van der Waals surface area contributed by atoms with Crippen molar-refractivity contribution in [2.24, 2.45) is 5.10 Å². The molecule has 0 saturated heterocycles. The molecule has 7 heteroatoms. The fourth-order valence-electron chi connectivity index (χ4n) is 1.81.